The highest BCUT2D eigenvalue weighted by molar-refractivity contribution is 7.89. The van der Waals surface area contributed by atoms with Crippen molar-refractivity contribution < 1.29 is 17.9 Å². The third kappa shape index (κ3) is 5.64. The Morgan fingerprint density at radius 3 is 2.32 bits per heavy atom. The maximum atomic E-state index is 13.2. The lowest BCUT2D eigenvalue weighted by Crippen LogP contribution is -2.50. The van der Waals surface area contributed by atoms with E-state index in [0.29, 0.717) is 50.6 Å². The molecule has 0 bridgehead atoms. The lowest BCUT2D eigenvalue weighted by Gasteiger charge is -2.36. The summed E-state index contributed by atoms with van der Waals surface area (Å²) >= 11 is 18.4. The van der Waals surface area contributed by atoms with Gasteiger partial charge in [-0.05, 0) is 43.2 Å². The van der Waals surface area contributed by atoms with Crippen molar-refractivity contribution in [2.75, 3.05) is 50.8 Å². The summed E-state index contributed by atoms with van der Waals surface area (Å²) in [7, 11) is -3.88. The van der Waals surface area contributed by atoms with Gasteiger partial charge < -0.3 is 14.5 Å². The molecule has 2 aromatic rings. The Balaban J connectivity index is 1.29. The zero-order valence-electron chi connectivity index (χ0n) is 18.5. The van der Waals surface area contributed by atoms with E-state index in [4.69, 9.17) is 39.5 Å². The molecule has 2 aliphatic heterocycles. The van der Waals surface area contributed by atoms with E-state index >= 15 is 0 Å². The van der Waals surface area contributed by atoms with Crippen molar-refractivity contribution in [3.63, 3.8) is 0 Å². The van der Waals surface area contributed by atoms with Gasteiger partial charge in [0.05, 0.1) is 16.7 Å². The molecule has 2 aromatic carbocycles. The van der Waals surface area contributed by atoms with E-state index in [1.54, 1.807) is 11.0 Å². The van der Waals surface area contributed by atoms with Gasteiger partial charge in [0.1, 0.15) is 11.5 Å². The Morgan fingerprint density at radius 1 is 0.971 bits per heavy atom. The third-order valence-electron chi connectivity index (χ3n) is 6.15. The number of benzene rings is 2. The van der Waals surface area contributed by atoms with Crippen LogP contribution in [0, 0.1) is 0 Å². The number of hydrogen-bond acceptors (Lipinski definition) is 5. The van der Waals surface area contributed by atoms with Crippen LogP contribution in [-0.2, 0) is 19.6 Å². The number of nitrogens with zero attached hydrogens (tertiary/aromatic N) is 3. The Labute approximate surface area is 215 Å². The van der Waals surface area contributed by atoms with Crippen molar-refractivity contribution >= 4 is 56.4 Å². The molecule has 0 N–H and O–H groups in total. The molecular weight excluding hydrogens is 521 g/mol. The fraction of sp³-hybridized carbons (Fsp3) is 0.435. The zero-order valence-corrected chi connectivity index (χ0v) is 21.6. The molecule has 0 aliphatic carbocycles. The number of halogens is 3. The van der Waals surface area contributed by atoms with Crippen molar-refractivity contribution in [2.24, 2.45) is 0 Å². The van der Waals surface area contributed by atoms with E-state index in [1.807, 2.05) is 24.3 Å². The molecule has 0 radical (unpaired) electrons. The van der Waals surface area contributed by atoms with Gasteiger partial charge in [0, 0.05) is 49.5 Å². The van der Waals surface area contributed by atoms with Gasteiger partial charge in [-0.2, -0.15) is 4.31 Å². The van der Waals surface area contributed by atoms with E-state index in [2.05, 4.69) is 4.90 Å². The molecule has 0 saturated carbocycles. The average molecular weight is 547 g/mol. The van der Waals surface area contributed by atoms with Crippen LogP contribution in [0.4, 0.5) is 5.69 Å². The van der Waals surface area contributed by atoms with Crippen molar-refractivity contribution in [1.82, 2.24) is 9.21 Å². The second-order valence-electron chi connectivity index (χ2n) is 8.33. The number of carbonyl (C=O) groups excluding carboxylic acids is 1. The summed E-state index contributed by atoms with van der Waals surface area (Å²) in [5.74, 6) is -0.104. The predicted octanol–water partition coefficient (Wildman–Crippen LogP) is 4.17. The van der Waals surface area contributed by atoms with E-state index < -0.39 is 10.0 Å². The van der Waals surface area contributed by atoms with Crippen LogP contribution in [0.5, 0.6) is 0 Å². The number of anilines is 1. The quantitative estimate of drug-likeness (QED) is 0.521. The van der Waals surface area contributed by atoms with Crippen LogP contribution in [0.25, 0.3) is 0 Å². The van der Waals surface area contributed by atoms with Gasteiger partial charge in [0.25, 0.3) is 0 Å². The first-order chi connectivity index (χ1) is 16.3. The zero-order chi connectivity index (χ0) is 24.3. The fourth-order valence-electron chi connectivity index (χ4n) is 4.40. The smallest absolute Gasteiger partial charge is 0.248 e. The molecule has 1 amide bonds. The molecule has 2 fully saturated rings. The molecule has 1 unspecified atom stereocenters. The van der Waals surface area contributed by atoms with Crippen LogP contribution in [0.2, 0.25) is 15.1 Å². The lowest BCUT2D eigenvalue weighted by atomic mass is 10.2. The van der Waals surface area contributed by atoms with Crippen LogP contribution in [-0.4, -0.2) is 75.5 Å². The maximum absolute atomic E-state index is 13.2. The van der Waals surface area contributed by atoms with Gasteiger partial charge in [-0.15, -0.1) is 0 Å². The summed E-state index contributed by atoms with van der Waals surface area (Å²) in [4.78, 5) is 16.5. The van der Waals surface area contributed by atoms with Crippen LogP contribution >= 0.6 is 34.8 Å². The fourth-order valence-corrected chi connectivity index (χ4v) is 7.36. The van der Waals surface area contributed by atoms with Crippen molar-refractivity contribution in [3.05, 3.63) is 57.5 Å². The summed E-state index contributed by atoms with van der Waals surface area (Å²) in [6.45, 7) is 2.99. The topological polar surface area (TPSA) is 70.2 Å². The van der Waals surface area contributed by atoms with Gasteiger partial charge in [-0.3, -0.25) is 4.79 Å². The Morgan fingerprint density at radius 2 is 1.65 bits per heavy atom. The third-order valence-corrected chi connectivity index (χ3v) is 9.29. The highest BCUT2D eigenvalue weighted by atomic mass is 35.5. The average Bonchev–Trinajstić information content (AvgIpc) is 3.28. The highest BCUT2D eigenvalue weighted by Gasteiger charge is 2.37. The minimum Gasteiger partial charge on any atom is -0.370 e. The summed E-state index contributed by atoms with van der Waals surface area (Å²) in [5.41, 5.74) is 1.04. The Hall–Kier alpha value is -1.55. The monoisotopic (exact) mass is 545 g/mol. The first-order valence-corrected chi connectivity index (χ1v) is 13.7. The lowest BCUT2D eigenvalue weighted by molar-refractivity contribution is -0.136. The molecule has 7 nitrogen and oxygen atoms in total. The first kappa shape index (κ1) is 25.5. The molecule has 34 heavy (non-hydrogen) atoms. The molecule has 4 rings (SSSR count). The second-order valence-corrected chi connectivity index (χ2v) is 11.4. The summed E-state index contributed by atoms with van der Waals surface area (Å²) in [6.07, 6.45) is 1.35. The number of sulfonamides is 1. The van der Waals surface area contributed by atoms with Gasteiger partial charge in [0.15, 0.2) is 0 Å². The Bertz CT molecular complexity index is 1120. The van der Waals surface area contributed by atoms with E-state index in [-0.39, 0.29) is 40.1 Å². The van der Waals surface area contributed by atoms with Crippen LogP contribution in [0.1, 0.15) is 12.8 Å². The van der Waals surface area contributed by atoms with Crippen LogP contribution in [0.15, 0.2) is 47.4 Å². The second kappa shape index (κ2) is 11.0. The number of rotatable bonds is 7. The number of hydrogen-bond donors (Lipinski definition) is 0. The van der Waals surface area contributed by atoms with E-state index in [9.17, 15) is 13.2 Å². The highest BCUT2D eigenvalue weighted by Crippen LogP contribution is 2.34. The summed E-state index contributed by atoms with van der Waals surface area (Å²) in [6, 6.07) is 11.9. The minimum absolute atomic E-state index is 0.0844. The SMILES string of the molecule is O=C(COCC1CCCN1S(=O)(=O)c1c(Cl)cccc1Cl)N1CCN(c2cccc(Cl)c2)CC1. The largest absolute Gasteiger partial charge is 0.370 e. The maximum Gasteiger partial charge on any atom is 0.248 e. The van der Waals surface area contributed by atoms with Crippen LogP contribution in [0.3, 0.4) is 0 Å². The van der Waals surface area contributed by atoms with E-state index in [1.165, 1.54) is 16.4 Å². The van der Waals surface area contributed by atoms with Crippen molar-refractivity contribution in [1.29, 1.82) is 0 Å². The van der Waals surface area contributed by atoms with Crippen molar-refractivity contribution in [3.8, 4) is 0 Å². The predicted molar refractivity (Wildman–Crippen MR) is 134 cm³/mol. The molecule has 1 atom stereocenters. The van der Waals surface area contributed by atoms with Crippen LogP contribution < -0.4 is 4.90 Å². The molecule has 184 valence electrons. The normalized spacial score (nSPS) is 19.6. The molecule has 2 saturated heterocycles. The first-order valence-electron chi connectivity index (χ1n) is 11.1. The van der Waals surface area contributed by atoms with E-state index in [0.717, 1.165) is 5.69 Å². The number of carbonyl (C=O) groups is 1. The summed E-state index contributed by atoms with van der Waals surface area (Å²) in [5, 5.41) is 0.863. The standard InChI is InChI=1S/C23H26Cl3N3O4S/c24-17-4-1-5-18(14-17)27-10-12-28(13-11-27)22(30)16-33-15-19-6-3-9-29(19)34(31,32)23-20(25)7-2-8-21(23)26/h1-2,4-5,7-8,14,19H,3,6,9-13,15-16H2. The van der Waals surface area contributed by atoms with Crippen molar-refractivity contribution in [2.45, 2.75) is 23.8 Å². The number of piperazine rings is 1. The molecule has 11 heteroatoms. The van der Waals surface area contributed by atoms with Gasteiger partial charge in [-0.1, -0.05) is 46.9 Å². The van der Waals surface area contributed by atoms with Gasteiger partial charge in [0.2, 0.25) is 15.9 Å². The molecule has 0 aromatic heterocycles. The number of ether oxygens (including phenoxy) is 1. The van der Waals surface area contributed by atoms with Gasteiger partial charge in [-0.25, -0.2) is 8.42 Å². The van der Waals surface area contributed by atoms with Gasteiger partial charge >= 0.3 is 0 Å². The Kier molecular flexibility index (Phi) is 8.28. The molecule has 2 heterocycles. The minimum atomic E-state index is -3.88. The summed E-state index contributed by atoms with van der Waals surface area (Å²) < 4.78 is 33.5. The molecule has 0 spiro atoms. The molecule has 2 aliphatic rings. The molecular formula is C23H26Cl3N3O4S. The number of amides is 1.